The second-order valence-electron chi connectivity index (χ2n) is 25.0. The molecule has 3 aliphatic heterocycles. The van der Waals surface area contributed by atoms with Crippen LogP contribution in [0.1, 0.15) is 159 Å². The number of unbranched alkanes of at least 4 members (excludes halogenated alkanes) is 3. The molecule has 0 bridgehead atoms. The molecular weight excluding hydrogens is 1150 g/mol. The maximum Gasteiger partial charge on any atom is 0.531 e. The number of rotatable bonds is 25. The number of amides is 5. The van der Waals surface area contributed by atoms with E-state index in [0.717, 1.165) is 15.8 Å². The van der Waals surface area contributed by atoms with Gasteiger partial charge in [0, 0.05) is 61.8 Å². The predicted molar refractivity (Wildman–Crippen MR) is 329 cm³/mol. The number of benzene rings is 4. The number of phosphoric acid groups is 1. The third-order valence-electron chi connectivity index (χ3n) is 14.4. The second-order valence-corrected chi connectivity index (χ2v) is 26.7. The third kappa shape index (κ3) is 18.0. The van der Waals surface area contributed by atoms with E-state index in [1.165, 1.54) is 6.08 Å². The van der Waals surface area contributed by atoms with E-state index in [-0.39, 0.29) is 79.1 Å². The first-order valence-electron chi connectivity index (χ1n) is 29.5. The van der Waals surface area contributed by atoms with Crippen LogP contribution in [0.5, 0.6) is 11.5 Å². The predicted octanol–water partition coefficient (Wildman–Crippen LogP) is 12.7. The summed E-state index contributed by atoms with van der Waals surface area (Å²) in [6.45, 7) is 22.4. The molecule has 0 saturated carbocycles. The van der Waals surface area contributed by atoms with Gasteiger partial charge in [-0.3, -0.25) is 23.4 Å². The van der Waals surface area contributed by atoms with Crippen molar-refractivity contribution in [3.63, 3.8) is 0 Å². The summed E-state index contributed by atoms with van der Waals surface area (Å²) in [5.41, 5.74) is 1.40. The Morgan fingerprint density at radius 3 is 2.16 bits per heavy atom. The first-order valence-corrected chi connectivity index (χ1v) is 31.5. The Balaban J connectivity index is 0.971. The number of halogens is 1. The Morgan fingerprint density at radius 1 is 0.826 bits per heavy atom. The molecule has 3 heterocycles. The summed E-state index contributed by atoms with van der Waals surface area (Å²) in [6.07, 6.45) is 2.19. The fraction of sp³-hybridized carbons (Fsp3) is 0.531. The molecule has 0 spiro atoms. The fourth-order valence-corrected chi connectivity index (χ4v) is 12.8. The van der Waals surface area contributed by atoms with Crippen LogP contribution >= 0.6 is 19.4 Å². The van der Waals surface area contributed by atoms with Crippen LogP contribution in [0.15, 0.2) is 79.4 Å². The van der Waals surface area contributed by atoms with Gasteiger partial charge < -0.3 is 49.0 Å². The van der Waals surface area contributed by atoms with Gasteiger partial charge in [0.15, 0.2) is 12.0 Å². The minimum atomic E-state index is -4.21. The fourth-order valence-electron chi connectivity index (χ4n) is 10.7. The number of phosphoric ester groups is 1. The highest BCUT2D eigenvalue weighted by atomic mass is 35.5. The number of Topliss-reactive ketones (excluding diaryl/α,β-unsaturated/α-hetero) is 1. The van der Waals surface area contributed by atoms with Crippen LogP contribution in [0, 0.1) is 6.92 Å². The summed E-state index contributed by atoms with van der Waals surface area (Å²) in [4.78, 5) is 85.1. The molecule has 20 nitrogen and oxygen atoms in total. The van der Waals surface area contributed by atoms with E-state index in [0.29, 0.717) is 105 Å². The van der Waals surface area contributed by atoms with Crippen molar-refractivity contribution >= 4 is 77.4 Å². The van der Waals surface area contributed by atoms with Gasteiger partial charge in [-0.05, 0) is 154 Å². The smallest absolute Gasteiger partial charge is 0.493 e. The summed E-state index contributed by atoms with van der Waals surface area (Å²) in [5, 5.41) is 18.8. The zero-order valence-corrected chi connectivity index (χ0v) is 52.9. The summed E-state index contributed by atoms with van der Waals surface area (Å²) >= 11 is 6.58. The Morgan fingerprint density at radius 2 is 1.50 bits per heavy atom. The molecular formula is C64H85ClN5O15P. The standard InChI is InChI=1S/C64H85ClN5O15P/c1-12-32-80-60(76)67-48(23-17-18-30-66-59(75)82-62(3,4)5)52(71)35-42-26-28-43(29-27-42)40-81-61(77)70-50-36-53(41(2)34-47(50)57(73)68-31-20-24-49(68)58(70)74)79-33-19-13-14-25-55(72)69-39-44(38-65)56-46-22-16-15-21-45(46)54(37-51(56)69)83-86(78,84-63(6,7)8)85-64(9,10)11/h12,15-16,21-22,26-29,34,36-37,44,48-49,58,74H,1,13-14,17-20,23-25,30-33,35,38-40H2,2-11H3,(H,66,75)(H,67,76)/t44-,48+,49+,58?/m1/s1. The first-order chi connectivity index (χ1) is 40.6. The number of anilines is 2. The molecule has 1 fully saturated rings. The van der Waals surface area contributed by atoms with Crippen molar-refractivity contribution in [1.29, 1.82) is 0 Å². The molecule has 86 heavy (non-hydrogen) atoms. The first kappa shape index (κ1) is 66.8. The van der Waals surface area contributed by atoms with Crippen molar-refractivity contribution in [2.24, 2.45) is 0 Å². The zero-order valence-electron chi connectivity index (χ0n) is 51.3. The van der Waals surface area contributed by atoms with Crippen LogP contribution < -0.4 is 29.7 Å². The van der Waals surface area contributed by atoms with E-state index in [2.05, 4.69) is 17.2 Å². The molecule has 468 valence electrons. The maximum absolute atomic E-state index is 14.4. The minimum Gasteiger partial charge on any atom is -0.493 e. The highest BCUT2D eigenvalue weighted by Gasteiger charge is 2.46. The summed E-state index contributed by atoms with van der Waals surface area (Å²) in [6, 6.07) is 17.9. The number of fused-ring (bicyclic) bond motifs is 5. The Kier molecular flexibility index (Phi) is 22.4. The van der Waals surface area contributed by atoms with E-state index >= 15 is 0 Å². The van der Waals surface area contributed by atoms with E-state index < -0.39 is 61.2 Å². The number of ether oxygens (including phenoxy) is 4. The van der Waals surface area contributed by atoms with Crippen molar-refractivity contribution in [2.75, 3.05) is 48.5 Å². The van der Waals surface area contributed by atoms with Crippen molar-refractivity contribution in [1.82, 2.24) is 15.5 Å². The highest BCUT2D eigenvalue weighted by molar-refractivity contribution is 7.49. The minimum absolute atomic E-state index is 0.0221. The van der Waals surface area contributed by atoms with Gasteiger partial charge in [-0.15, -0.1) is 11.6 Å². The van der Waals surface area contributed by atoms with Crippen LogP contribution in [0.3, 0.4) is 0 Å². The van der Waals surface area contributed by atoms with E-state index in [1.54, 1.807) is 115 Å². The molecule has 0 radical (unpaired) electrons. The average molecular weight is 1230 g/mol. The van der Waals surface area contributed by atoms with Gasteiger partial charge in [0.2, 0.25) is 5.91 Å². The van der Waals surface area contributed by atoms with E-state index in [4.69, 9.17) is 44.1 Å². The topological polar surface area (TPSA) is 238 Å². The number of aliphatic hydroxyl groups excluding tert-OH is 1. The van der Waals surface area contributed by atoms with Gasteiger partial charge in [-0.2, -0.15) is 0 Å². The molecule has 4 aromatic carbocycles. The van der Waals surface area contributed by atoms with Gasteiger partial charge in [0.05, 0.1) is 46.8 Å². The van der Waals surface area contributed by atoms with Crippen molar-refractivity contribution in [2.45, 2.75) is 181 Å². The number of carbonyl (C=O) groups is 6. The summed E-state index contributed by atoms with van der Waals surface area (Å²) in [7, 11) is -4.21. The SMILES string of the molecule is C=CCOC(=O)N[C@@H](CCCCNC(=O)OC(C)(C)C)C(=O)Cc1ccc(COC(=O)N2c3cc(OCCCCCC(=O)N4C[C@@H](CCl)c5c4cc(OP(=O)(OC(C)(C)C)OC(C)(C)C)c4ccccc54)c(C)cc3C(=O)N3CCC[C@H]3C2O)cc1. The number of carbonyl (C=O) groups excluding carboxylic acids is 6. The van der Waals surface area contributed by atoms with Crippen LogP contribution in [-0.4, -0.2) is 120 Å². The third-order valence-corrected chi connectivity index (χ3v) is 16.7. The molecule has 0 aromatic heterocycles. The van der Waals surface area contributed by atoms with Crippen LogP contribution in [0.2, 0.25) is 0 Å². The number of alkyl carbamates (subject to hydrolysis) is 2. The largest absolute Gasteiger partial charge is 0.531 e. The second kappa shape index (κ2) is 28.9. The highest BCUT2D eigenvalue weighted by Crippen LogP contribution is 2.57. The molecule has 3 N–H and O–H groups in total. The summed E-state index contributed by atoms with van der Waals surface area (Å²) < 4.78 is 55.1. The lowest BCUT2D eigenvalue weighted by Gasteiger charge is -2.31. The van der Waals surface area contributed by atoms with Crippen LogP contribution in [0.25, 0.3) is 10.8 Å². The van der Waals surface area contributed by atoms with Gasteiger partial charge in [0.25, 0.3) is 5.91 Å². The number of ketones is 1. The number of aliphatic hydroxyl groups is 1. The number of hydrogen-bond donors (Lipinski definition) is 3. The van der Waals surface area contributed by atoms with Crippen LogP contribution in [0.4, 0.5) is 25.8 Å². The van der Waals surface area contributed by atoms with Crippen molar-refractivity contribution in [3.8, 4) is 11.5 Å². The Hall–Kier alpha value is -6.70. The Bertz CT molecular complexity index is 3130. The number of hydrogen-bond acceptors (Lipinski definition) is 15. The number of nitrogens with zero attached hydrogens (tertiary/aromatic N) is 3. The zero-order chi connectivity index (χ0) is 62.7. The van der Waals surface area contributed by atoms with Gasteiger partial charge in [-0.25, -0.2) is 23.8 Å². The lowest BCUT2D eigenvalue weighted by Crippen LogP contribution is -2.50. The molecule has 4 atom stereocenters. The molecule has 5 amide bonds. The average Bonchev–Trinajstić information content (AvgIpc) is 1.65. The van der Waals surface area contributed by atoms with Crippen molar-refractivity contribution in [3.05, 3.63) is 107 Å². The maximum atomic E-state index is 14.4. The summed E-state index contributed by atoms with van der Waals surface area (Å²) in [5.74, 6) is 0.0829. The molecule has 1 unspecified atom stereocenters. The molecule has 1 saturated heterocycles. The molecule has 3 aliphatic rings. The molecule has 7 rings (SSSR count). The van der Waals surface area contributed by atoms with Gasteiger partial charge >= 0.3 is 26.1 Å². The molecule has 0 aliphatic carbocycles. The number of aryl methyl sites for hydroxylation is 1. The number of alkyl halides is 1. The Labute approximate surface area is 510 Å². The van der Waals surface area contributed by atoms with Crippen LogP contribution in [-0.2, 0) is 50.4 Å². The van der Waals surface area contributed by atoms with Gasteiger partial charge in [0.1, 0.15) is 30.3 Å². The quantitative estimate of drug-likeness (QED) is 0.0184. The normalized spacial score (nSPS) is 17.2. The van der Waals surface area contributed by atoms with Gasteiger partial charge in [-0.1, -0.05) is 61.2 Å². The van der Waals surface area contributed by atoms with Crippen molar-refractivity contribution < 1.29 is 71.0 Å². The monoisotopic (exact) mass is 1230 g/mol. The van der Waals surface area contributed by atoms with E-state index in [1.807, 2.05) is 31.2 Å². The molecule has 4 aromatic rings. The lowest BCUT2D eigenvalue weighted by atomic mass is 9.95. The molecule has 22 heteroatoms. The lowest BCUT2D eigenvalue weighted by molar-refractivity contribution is -0.120. The van der Waals surface area contributed by atoms with E-state index in [9.17, 15) is 38.4 Å². The number of nitrogens with one attached hydrogen (secondary N) is 2.